The van der Waals surface area contributed by atoms with Crippen molar-refractivity contribution in [3.63, 3.8) is 0 Å². The van der Waals surface area contributed by atoms with E-state index in [0.717, 1.165) is 58.2 Å². The lowest BCUT2D eigenvalue weighted by molar-refractivity contribution is 0.120. The Kier molecular flexibility index (Phi) is 4.16. The SMILES string of the molecule is Clc1ccc(-c2nnc(NCC3CCCO3)c3sccc23)cc1. The molecule has 1 saturated heterocycles. The van der Waals surface area contributed by atoms with Crippen molar-refractivity contribution in [2.75, 3.05) is 18.5 Å². The van der Waals surface area contributed by atoms with Crippen molar-refractivity contribution in [3.8, 4) is 11.3 Å². The summed E-state index contributed by atoms with van der Waals surface area (Å²) in [6.07, 6.45) is 2.53. The number of ether oxygens (including phenoxy) is 1. The molecule has 1 aliphatic heterocycles. The second-order valence-electron chi connectivity index (χ2n) is 5.58. The molecule has 1 atom stereocenters. The van der Waals surface area contributed by atoms with Crippen LogP contribution in [0.1, 0.15) is 12.8 Å². The van der Waals surface area contributed by atoms with Gasteiger partial charge in [0.1, 0.15) is 5.69 Å². The van der Waals surface area contributed by atoms with E-state index in [1.54, 1.807) is 11.3 Å². The monoisotopic (exact) mass is 345 g/mol. The van der Waals surface area contributed by atoms with Crippen LogP contribution in [0.3, 0.4) is 0 Å². The summed E-state index contributed by atoms with van der Waals surface area (Å²) in [5, 5.41) is 16.1. The Morgan fingerprint density at radius 1 is 1.22 bits per heavy atom. The van der Waals surface area contributed by atoms with E-state index in [4.69, 9.17) is 16.3 Å². The molecule has 6 heteroatoms. The number of hydrogen-bond acceptors (Lipinski definition) is 5. The minimum absolute atomic E-state index is 0.280. The van der Waals surface area contributed by atoms with Crippen LogP contribution in [-0.2, 0) is 4.74 Å². The average molecular weight is 346 g/mol. The molecule has 4 nitrogen and oxygen atoms in total. The first-order valence-corrected chi connectivity index (χ1v) is 8.92. The molecule has 0 aliphatic carbocycles. The number of halogens is 1. The molecule has 4 rings (SSSR count). The number of rotatable bonds is 4. The van der Waals surface area contributed by atoms with E-state index in [-0.39, 0.29) is 6.10 Å². The van der Waals surface area contributed by atoms with Gasteiger partial charge < -0.3 is 10.1 Å². The molecule has 3 aromatic rings. The third kappa shape index (κ3) is 3.04. The molecule has 1 aromatic carbocycles. The molecule has 118 valence electrons. The van der Waals surface area contributed by atoms with E-state index >= 15 is 0 Å². The highest BCUT2D eigenvalue weighted by molar-refractivity contribution is 7.17. The first-order chi connectivity index (χ1) is 11.3. The van der Waals surface area contributed by atoms with Crippen LogP contribution >= 0.6 is 22.9 Å². The zero-order valence-corrected chi connectivity index (χ0v) is 14.0. The molecule has 0 spiro atoms. The van der Waals surface area contributed by atoms with Crippen LogP contribution in [0.4, 0.5) is 5.82 Å². The minimum atomic E-state index is 0.280. The predicted molar refractivity (Wildman–Crippen MR) is 95.3 cm³/mol. The molecule has 1 unspecified atom stereocenters. The number of benzene rings is 1. The highest BCUT2D eigenvalue weighted by Gasteiger charge is 2.17. The second kappa shape index (κ2) is 6.43. The molecule has 0 radical (unpaired) electrons. The van der Waals surface area contributed by atoms with E-state index in [2.05, 4.69) is 27.0 Å². The fourth-order valence-corrected chi connectivity index (χ4v) is 3.81. The van der Waals surface area contributed by atoms with Gasteiger partial charge in [-0.3, -0.25) is 0 Å². The summed E-state index contributed by atoms with van der Waals surface area (Å²) in [5.74, 6) is 0.836. The molecule has 1 aliphatic rings. The Bertz CT molecular complexity index is 812. The normalized spacial score (nSPS) is 17.7. The van der Waals surface area contributed by atoms with Gasteiger partial charge in [0.25, 0.3) is 0 Å². The largest absolute Gasteiger partial charge is 0.376 e. The van der Waals surface area contributed by atoms with Crippen LogP contribution in [0.2, 0.25) is 5.02 Å². The van der Waals surface area contributed by atoms with Gasteiger partial charge in [0.05, 0.1) is 10.8 Å². The molecule has 0 amide bonds. The van der Waals surface area contributed by atoms with Crippen LogP contribution in [0.25, 0.3) is 21.3 Å². The van der Waals surface area contributed by atoms with Crippen LogP contribution in [0.5, 0.6) is 0 Å². The summed E-state index contributed by atoms with van der Waals surface area (Å²) in [6, 6.07) is 9.79. The number of aromatic nitrogens is 2. The van der Waals surface area contributed by atoms with Crippen molar-refractivity contribution in [2.45, 2.75) is 18.9 Å². The van der Waals surface area contributed by atoms with E-state index in [1.165, 1.54) is 0 Å². The standard InChI is InChI=1S/C17H16ClN3OS/c18-12-5-3-11(4-6-12)15-14-7-9-23-16(14)17(21-20-15)19-10-13-2-1-8-22-13/h3-7,9,13H,1-2,8,10H2,(H,19,21). The Morgan fingerprint density at radius 2 is 2.09 bits per heavy atom. The van der Waals surface area contributed by atoms with Gasteiger partial charge in [0.15, 0.2) is 5.82 Å². The number of fused-ring (bicyclic) bond motifs is 1. The van der Waals surface area contributed by atoms with Crippen LogP contribution in [0, 0.1) is 0 Å². The zero-order valence-electron chi connectivity index (χ0n) is 12.5. The van der Waals surface area contributed by atoms with Gasteiger partial charge in [-0.2, -0.15) is 0 Å². The van der Waals surface area contributed by atoms with Crippen molar-refractivity contribution in [1.82, 2.24) is 10.2 Å². The van der Waals surface area contributed by atoms with Gasteiger partial charge in [0, 0.05) is 29.1 Å². The number of thiophene rings is 1. The minimum Gasteiger partial charge on any atom is -0.376 e. The summed E-state index contributed by atoms with van der Waals surface area (Å²) in [7, 11) is 0. The molecule has 23 heavy (non-hydrogen) atoms. The summed E-state index contributed by atoms with van der Waals surface area (Å²) < 4.78 is 6.78. The van der Waals surface area contributed by atoms with E-state index in [9.17, 15) is 0 Å². The van der Waals surface area contributed by atoms with E-state index < -0.39 is 0 Å². The molecule has 2 aromatic heterocycles. The fraction of sp³-hybridized carbons (Fsp3) is 0.294. The highest BCUT2D eigenvalue weighted by atomic mass is 35.5. The molecule has 3 heterocycles. The molecular weight excluding hydrogens is 330 g/mol. The Balaban J connectivity index is 1.65. The van der Waals surface area contributed by atoms with E-state index in [1.807, 2.05) is 24.3 Å². The summed E-state index contributed by atoms with van der Waals surface area (Å²) in [4.78, 5) is 0. The first-order valence-electron chi connectivity index (χ1n) is 7.66. The topological polar surface area (TPSA) is 47.0 Å². The number of anilines is 1. The fourth-order valence-electron chi connectivity index (χ4n) is 2.83. The van der Waals surface area contributed by atoms with Gasteiger partial charge >= 0.3 is 0 Å². The third-order valence-corrected chi connectivity index (χ3v) is 5.20. The average Bonchev–Trinajstić information content (AvgIpc) is 3.25. The van der Waals surface area contributed by atoms with Crippen LogP contribution in [0.15, 0.2) is 35.7 Å². The van der Waals surface area contributed by atoms with Crippen molar-refractivity contribution >= 4 is 38.8 Å². The van der Waals surface area contributed by atoms with Crippen LogP contribution in [-0.4, -0.2) is 29.5 Å². The summed E-state index contributed by atoms with van der Waals surface area (Å²) >= 11 is 7.65. The number of nitrogens with one attached hydrogen (secondary N) is 1. The first kappa shape index (κ1) is 14.9. The number of hydrogen-bond donors (Lipinski definition) is 1. The lowest BCUT2D eigenvalue weighted by Gasteiger charge is -2.12. The van der Waals surface area contributed by atoms with Gasteiger partial charge in [-0.15, -0.1) is 21.5 Å². The molecule has 1 N–H and O–H groups in total. The maximum Gasteiger partial charge on any atom is 0.166 e. The van der Waals surface area contributed by atoms with Gasteiger partial charge in [0.2, 0.25) is 0 Å². The third-order valence-electron chi connectivity index (χ3n) is 4.02. The Labute approximate surface area is 143 Å². The van der Waals surface area contributed by atoms with Crippen molar-refractivity contribution in [3.05, 3.63) is 40.7 Å². The quantitative estimate of drug-likeness (QED) is 0.750. The maximum absolute atomic E-state index is 5.97. The van der Waals surface area contributed by atoms with Crippen molar-refractivity contribution in [2.24, 2.45) is 0 Å². The summed E-state index contributed by atoms with van der Waals surface area (Å²) in [6.45, 7) is 1.64. The molecule has 0 saturated carbocycles. The zero-order chi connectivity index (χ0) is 15.6. The van der Waals surface area contributed by atoms with Gasteiger partial charge in [-0.05, 0) is 36.4 Å². The molecule has 0 bridgehead atoms. The Hall–Kier alpha value is -1.69. The maximum atomic E-state index is 5.97. The predicted octanol–water partition coefficient (Wildman–Crippen LogP) is 4.60. The molecular formula is C17H16ClN3OS. The Morgan fingerprint density at radius 3 is 2.87 bits per heavy atom. The van der Waals surface area contributed by atoms with Crippen LogP contribution < -0.4 is 5.32 Å². The lowest BCUT2D eigenvalue weighted by Crippen LogP contribution is -2.19. The smallest absolute Gasteiger partial charge is 0.166 e. The van der Waals surface area contributed by atoms with Crippen molar-refractivity contribution in [1.29, 1.82) is 0 Å². The molecule has 1 fully saturated rings. The highest BCUT2D eigenvalue weighted by Crippen LogP contribution is 2.34. The van der Waals surface area contributed by atoms with Gasteiger partial charge in [-0.25, -0.2) is 0 Å². The van der Waals surface area contributed by atoms with Crippen molar-refractivity contribution < 1.29 is 4.74 Å². The van der Waals surface area contributed by atoms with Gasteiger partial charge in [-0.1, -0.05) is 23.7 Å². The second-order valence-corrected chi connectivity index (χ2v) is 6.94. The van der Waals surface area contributed by atoms with E-state index in [0.29, 0.717) is 0 Å². The number of nitrogens with zero attached hydrogens (tertiary/aromatic N) is 2. The lowest BCUT2D eigenvalue weighted by atomic mass is 10.1. The summed E-state index contributed by atoms with van der Waals surface area (Å²) in [5.41, 5.74) is 1.91.